The fraction of sp³-hybridized carbons (Fsp3) is 0.429. The molecule has 1 heterocycles. The number of hydrogen-bond donors (Lipinski definition) is 1. The maximum atomic E-state index is 8.80. The van der Waals surface area contributed by atoms with Crippen molar-refractivity contribution in [1.82, 2.24) is 15.0 Å². The number of nitrogens with zero attached hydrogens (tertiary/aromatic N) is 3. The van der Waals surface area contributed by atoms with Gasteiger partial charge in [-0.05, 0) is 37.1 Å². The average molecular weight is 261 g/mol. The number of ether oxygens (including phenoxy) is 1. The first-order valence-corrected chi connectivity index (χ1v) is 6.38. The molecule has 0 saturated heterocycles. The van der Waals surface area contributed by atoms with Crippen molar-refractivity contribution in [2.24, 2.45) is 0 Å². The molecule has 0 atom stereocenters. The Kier molecular flexibility index (Phi) is 4.52. The average Bonchev–Trinajstić information content (AvgIpc) is 2.76. The quantitative estimate of drug-likeness (QED) is 0.856. The minimum Gasteiger partial charge on any atom is -0.492 e. The fourth-order valence-corrected chi connectivity index (χ4v) is 1.95. The van der Waals surface area contributed by atoms with Gasteiger partial charge in [0.1, 0.15) is 12.4 Å². The Morgan fingerprint density at radius 2 is 1.95 bits per heavy atom. The zero-order valence-electron chi connectivity index (χ0n) is 11.3. The summed E-state index contributed by atoms with van der Waals surface area (Å²) in [6.45, 7) is 5.39. The van der Waals surface area contributed by atoms with Crippen LogP contribution in [-0.2, 0) is 13.0 Å². The zero-order chi connectivity index (χ0) is 13.7. The van der Waals surface area contributed by atoms with Crippen LogP contribution in [0.2, 0.25) is 0 Å². The second-order valence-corrected chi connectivity index (χ2v) is 4.62. The maximum absolute atomic E-state index is 8.80. The van der Waals surface area contributed by atoms with E-state index in [1.165, 1.54) is 11.1 Å². The van der Waals surface area contributed by atoms with Crippen molar-refractivity contribution in [3.05, 3.63) is 41.2 Å². The predicted molar refractivity (Wildman–Crippen MR) is 72.2 cm³/mol. The van der Waals surface area contributed by atoms with Crippen molar-refractivity contribution in [3.8, 4) is 5.75 Å². The Morgan fingerprint density at radius 1 is 1.21 bits per heavy atom. The predicted octanol–water partition coefficient (Wildman–Crippen LogP) is 1.51. The van der Waals surface area contributed by atoms with E-state index in [0.717, 1.165) is 11.4 Å². The molecule has 0 saturated carbocycles. The molecule has 0 aliphatic rings. The summed E-state index contributed by atoms with van der Waals surface area (Å²) in [6.07, 6.45) is 2.37. The standard InChI is InChI=1S/C14H19N3O2/c1-11-7-12(2)9-14(8-11)19-6-4-17-10-13(3-5-18)15-16-17/h7-10,18H,3-6H2,1-2H3. The molecule has 0 radical (unpaired) electrons. The van der Waals surface area contributed by atoms with Gasteiger partial charge in [-0.15, -0.1) is 5.10 Å². The van der Waals surface area contributed by atoms with Crippen LogP contribution in [0.15, 0.2) is 24.4 Å². The van der Waals surface area contributed by atoms with E-state index < -0.39 is 0 Å². The number of rotatable bonds is 6. The summed E-state index contributed by atoms with van der Waals surface area (Å²) in [5, 5.41) is 16.7. The topological polar surface area (TPSA) is 60.2 Å². The van der Waals surface area contributed by atoms with Crippen LogP contribution in [0.1, 0.15) is 16.8 Å². The third-order valence-corrected chi connectivity index (χ3v) is 2.74. The molecule has 1 aromatic heterocycles. The van der Waals surface area contributed by atoms with Gasteiger partial charge in [-0.2, -0.15) is 0 Å². The lowest BCUT2D eigenvalue weighted by molar-refractivity contribution is 0.289. The van der Waals surface area contributed by atoms with Crippen molar-refractivity contribution in [2.75, 3.05) is 13.2 Å². The number of aryl methyl sites for hydroxylation is 2. The molecule has 2 aromatic rings. The van der Waals surface area contributed by atoms with Crippen LogP contribution in [0.4, 0.5) is 0 Å². The molecule has 0 aliphatic carbocycles. The van der Waals surface area contributed by atoms with E-state index in [1.54, 1.807) is 4.68 Å². The summed E-state index contributed by atoms with van der Waals surface area (Å²) in [4.78, 5) is 0. The summed E-state index contributed by atoms with van der Waals surface area (Å²) in [5.41, 5.74) is 3.19. The van der Waals surface area contributed by atoms with Gasteiger partial charge in [0.2, 0.25) is 0 Å². The summed E-state index contributed by atoms with van der Waals surface area (Å²) in [5.74, 6) is 0.883. The SMILES string of the molecule is Cc1cc(C)cc(OCCn2cc(CCO)nn2)c1. The molecule has 0 bridgehead atoms. The molecule has 5 heteroatoms. The van der Waals surface area contributed by atoms with Crippen molar-refractivity contribution < 1.29 is 9.84 Å². The van der Waals surface area contributed by atoms with Crippen LogP contribution < -0.4 is 4.74 Å². The molecule has 5 nitrogen and oxygen atoms in total. The minimum absolute atomic E-state index is 0.0950. The summed E-state index contributed by atoms with van der Waals surface area (Å²) in [7, 11) is 0. The maximum Gasteiger partial charge on any atom is 0.119 e. The Bertz CT molecular complexity index is 517. The molecule has 0 spiro atoms. The van der Waals surface area contributed by atoms with Gasteiger partial charge in [-0.3, -0.25) is 0 Å². The lowest BCUT2D eigenvalue weighted by atomic mass is 10.1. The van der Waals surface area contributed by atoms with Crippen molar-refractivity contribution >= 4 is 0 Å². The van der Waals surface area contributed by atoms with Crippen LogP contribution in [0.25, 0.3) is 0 Å². The third kappa shape index (κ3) is 4.06. The van der Waals surface area contributed by atoms with Crippen LogP contribution in [0, 0.1) is 13.8 Å². The highest BCUT2D eigenvalue weighted by Crippen LogP contribution is 2.16. The molecular formula is C14H19N3O2. The first-order chi connectivity index (χ1) is 9.17. The van der Waals surface area contributed by atoms with Crippen LogP contribution in [0.5, 0.6) is 5.75 Å². The fourth-order valence-electron chi connectivity index (χ4n) is 1.95. The van der Waals surface area contributed by atoms with Gasteiger partial charge in [0.05, 0.1) is 12.2 Å². The minimum atomic E-state index is 0.0950. The Morgan fingerprint density at radius 3 is 2.63 bits per heavy atom. The van der Waals surface area contributed by atoms with Crippen molar-refractivity contribution in [2.45, 2.75) is 26.8 Å². The normalized spacial score (nSPS) is 10.7. The molecule has 19 heavy (non-hydrogen) atoms. The number of aliphatic hydroxyl groups is 1. The molecule has 2 rings (SSSR count). The van der Waals surface area contributed by atoms with E-state index >= 15 is 0 Å². The molecule has 0 unspecified atom stereocenters. The lowest BCUT2D eigenvalue weighted by Gasteiger charge is -2.07. The molecule has 0 aliphatic heterocycles. The van der Waals surface area contributed by atoms with Crippen molar-refractivity contribution in [3.63, 3.8) is 0 Å². The van der Waals surface area contributed by atoms with Gasteiger partial charge >= 0.3 is 0 Å². The Balaban J connectivity index is 1.85. The molecule has 1 aromatic carbocycles. The van der Waals surface area contributed by atoms with E-state index in [1.807, 2.05) is 18.3 Å². The number of benzene rings is 1. The van der Waals surface area contributed by atoms with Gasteiger partial charge < -0.3 is 9.84 Å². The molecule has 0 fully saturated rings. The summed E-state index contributed by atoms with van der Waals surface area (Å²) >= 11 is 0. The van der Waals surface area contributed by atoms with Crippen LogP contribution >= 0.6 is 0 Å². The van der Waals surface area contributed by atoms with Gasteiger partial charge in [-0.1, -0.05) is 11.3 Å². The van der Waals surface area contributed by atoms with Crippen molar-refractivity contribution in [1.29, 1.82) is 0 Å². The second-order valence-electron chi connectivity index (χ2n) is 4.62. The largest absolute Gasteiger partial charge is 0.492 e. The van der Waals surface area contributed by atoms with E-state index in [-0.39, 0.29) is 6.61 Å². The molecule has 1 N–H and O–H groups in total. The van der Waals surface area contributed by atoms with E-state index in [4.69, 9.17) is 9.84 Å². The van der Waals surface area contributed by atoms with Gasteiger partial charge in [-0.25, -0.2) is 4.68 Å². The van der Waals surface area contributed by atoms with Gasteiger partial charge in [0.15, 0.2) is 0 Å². The Hall–Kier alpha value is -1.88. The van der Waals surface area contributed by atoms with Crippen LogP contribution in [-0.4, -0.2) is 33.3 Å². The summed E-state index contributed by atoms with van der Waals surface area (Å²) in [6, 6.07) is 6.16. The summed E-state index contributed by atoms with van der Waals surface area (Å²) < 4.78 is 7.43. The highest BCUT2D eigenvalue weighted by Gasteiger charge is 2.01. The highest BCUT2D eigenvalue weighted by atomic mass is 16.5. The highest BCUT2D eigenvalue weighted by molar-refractivity contribution is 5.32. The first kappa shape index (κ1) is 13.5. The third-order valence-electron chi connectivity index (χ3n) is 2.74. The molecular weight excluding hydrogens is 242 g/mol. The second kappa shape index (κ2) is 6.33. The zero-order valence-corrected chi connectivity index (χ0v) is 11.3. The number of hydrogen-bond acceptors (Lipinski definition) is 4. The smallest absolute Gasteiger partial charge is 0.119 e. The van der Waals surface area contributed by atoms with E-state index in [2.05, 4.69) is 30.2 Å². The number of aromatic nitrogens is 3. The number of aliphatic hydroxyl groups excluding tert-OH is 1. The van der Waals surface area contributed by atoms with E-state index in [9.17, 15) is 0 Å². The van der Waals surface area contributed by atoms with Gasteiger partial charge in [0, 0.05) is 19.2 Å². The molecule has 0 amide bonds. The Labute approximate surface area is 112 Å². The lowest BCUT2D eigenvalue weighted by Crippen LogP contribution is -2.09. The first-order valence-electron chi connectivity index (χ1n) is 6.38. The van der Waals surface area contributed by atoms with E-state index in [0.29, 0.717) is 19.6 Å². The monoisotopic (exact) mass is 261 g/mol. The van der Waals surface area contributed by atoms with Crippen LogP contribution in [0.3, 0.4) is 0 Å². The van der Waals surface area contributed by atoms with Gasteiger partial charge in [0.25, 0.3) is 0 Å². The molecule has 102 valence electrons.